The Hall–Kier alpha value is -1.32. The molecule has 0 aliphatic rings. The van der Waals surface area contributed by atoms with Crippen molar-refractivity contribution >= 4 is 5.97 Å². The van der Waals surface area contributed by atoms with Gasteiger partial charge < -0.3 is 10.1 Å². The van der Waals surface area contributed by atoms with Gasteiger partial charge in [0.05, 0.1) is 17.9 Å². The summed E-state index contributed by atoms with van der Waals surface area (Å²) in [5.41, 5.74) is 0.563. The van der Waals surface area contributed by atoms with Gasteiger partial charge >= 0.3 is 5.97 Å². The first-order valence-corrected chi connectivity index (χ1v) is 2.93. The van der Waals surface area contributed by atoms with E-state index in [2.05, 4.69) is 9.97 Å². The minimum atomic E-state index is -0.855. The minimum absolute atomic E-state index is 0.522. The molecule has 0 bridgehead atoms. The van der Waals surface area contributed by atoms with Gasteiger partial charge in [-0.2, -0.15) is 0 Å². The lowest BCUT2D eigenvalue weighted by Gasteiger charge is -1.98. The third-order valence-corrected chi connectivity index (χ3v) is 1.33. The molecule has 0 radical (unpaired) electrons. The zero-order valence-corrected chi connectivity index (χ0v) is 5.53. The van der Waals surface area contributed by atoms with E-state index in [-0.39, 0.29) is 0 Å². The van der Waals surface area contributed by atoms with E-state index in [1.54, 1.807) is 13.1 Å². The van der Waals surface area contributed by atoms with E-state index in [1.807, 2.05) is 0 Å². The minimum Gasteiger partial charge on any atom is -0.481 e. The fourth-order valence-corrected chi connectivity index (χ4v) is 0.635. The van der Waals surface area contributed by atoms with Crippen molar-refractivity contribution < 1.29 is 9.90 Å². The summed E-state index contributed by atoms with van der Waals surface area (Å²) < 4.78 is 0. The third kappa shape index (κ3) is 1.15. The maximum atomic E-state index is 10.3. The molecular weight excluding hydrogens is 132 g/mol. The van der Waals surface area contributed by atoms with Crippen LogP contribution in [-0.4, -0.2) is 21.0 Å². The number of carbonyl (C=O) groups is 1. The van der Waals surface area contributed by atoms with Gasteiger partial charge in [-0.25, -0.2) is 4.98 Å². The maximum Gasteiger partial charge on any atom is 0.312 e. The molecule has 1 aromatic rings. The first kappa shape index (κ1) is 6.80. The molecule has 10 heavy (non-hydrogen) atoms. The van der Waals surface area contributed by atoms with Crippen LogP contribution in [0.15, 0.2) is 12.5 Å². The average molecular weight is 140 g/mol. The first-order valence-electron chi connectivity index (χ1n) is 2.93. The number of hydrogen-bond donors (Lipinski definition) is 2. The van der Waals surface area contributed by atoms with Gasteiger partial charge in [0, 0.05) is 6.20 Å². The average Bonchev–Trinajstić information content (AvgIpc) is 2.36. The van der Waals surface area contributed by atoms with Crippen LogP contribution in [0.25, 0.3) is 0 Å². The van der Waals surface area contributed by atoms with Gasteiger partial charge in [0.2, 0.25) is 0 Å². The molecule has 1 heterocycles. The van der Waals surface area contributed by atoms with E-state index in [4.69, 9.17) is 5.11 Å². The Kier molecular flexibility index (Phi) is 1.71. The summed E-state index contributed by atoms with van der Waals surface area (Å²) in [7, 11) is 0. The summed E-state index contributed by atoms with van der Waals surface area (Å²) in [5.74, 6) is -1.38. The fraction of sp³-hybridized carbons (Fsp3) is 0.333. The smallest absolute Gasteiger partial charge is 0.312 e. The molecule has 0 aliphatic heterocycles. The highest BCUT2D eigenvalue weighted by atomic mass is 16.4. The van der Waals surface area contributed by atoms with Crippen molar-refractivity contribution in [3.05, 3.63) is 18.2 Å². The van der Waals surface area contributed by atoms with Gasteiger partial charge in [0.1, 0.15) is 0 Å². The van der Waals surface area contributed by atoms with Crippen LogP contribution in [0.4, 0.5) is 0 Å². The Bertz CT molecular complexity index is 218. The van der Waals surface area contributed by atoms with Gasteiger partial charge in [-0.3, -0.25) is 4.79 Å². The third-order valence-electron chi connectivity index (χ3n) is 1.33. The molecule has 0 fully saturated rings. The first-order chi connectivity index (χ1) is 4.72. The highest BCUT2D eigenvalue weighted by Gasteiger charge is 2.14. The molecule has 4 nitrogen and oxygen atoms in total. The Morgan fingerprint density at radius 3 is 3.00 bits per heavy atom. The highest BCUT2D eigenvalue weighted by molar-refractivity contribution is 5.74. The normalized spacial score (nSPS) is 12.9. The molecule has 0 aliphatic carbocycles. The van der Waals surface area contributed by atoms with Crippen molar-refractivity contribution in [1.82, 2.24) is 9.97 Å². The van der Waals surface area contributed by atoms with Crippen LogP contribution in [0.2, 0.25) is 0 Å². The fourth-order valence-electron chi connectivity index (χ4n) is 0.635. The second-order valence-electron chi connectivity index (χ2n) is 2.05. The van der Waals surface area contributed by atoms with Crippen LogP contribution in [0, 0.1) is 0 Å². The van der Waals surface area contributed by atoms with Crippen LogP contribution in [0.5, 0.6) is 0 Å². The highest BCUT2D eigenvalue weighted by Crippen LogP contribution is 2.09. The van der Waals surface area contributed by atoms with E-state index in [0.29, 0.717) is 5.69 Å². The zero-order chi connectivity index (χ0) is 7.56. The predicted molar refractivity (Wildman–Crippen MR) is 34.6 cm³/mol. The van der Waals surface area contributed by atoms with Gasteiger partial charge in [-0.1, -0.05) is 0 Å². The standard InChI is InChI=1S/C6H8N2O2/c1-4(6(9)10)5-2-7-3-8-5/h2-4H,1H3,(H,7,8)(H,9,10). The lowest BCUT2D eigenvalue weighted by molar-refractivity contribution is -0.138. The molecule has 0 saturated carbocycles. The van der Waals surface area contributed by atoms with Crippen molar-refractivity contribution in [3.8, 4) is 0 Å². The van der Waals surface area contributed by atoms with Crippen molar-refractivity contribution in [2.75, 3.05) is 0 Å². The number of hydrogen-bond acceptors (Lipinski definition) is 2. The molecule has 0 spiro atoms. The van der Waals surface area contributed by atoms with Crippen LogP contribution >= 0.6 is 0 Å². The summed E-state index contributed by atoms with van der Waals surface area (Å²) in [6.45, 7) is 1.60. The van der Waals surface area contributed by atoms with Gasteiger partial charge in [0.15, 0.2) is 0 Å². The number of nitrogens with zero attached hydrogens (tertiary/aromatic N) is 1. The monoisotopic (exact) mass is 140 g/mol. The Balaban J connectivity index is 2.77. The molecule has 54 valence electrons. The second kappa shape index (κ2) is 2.51. The number of carboxylic acid groups (broad SMARTS) is 1. The van der Waals surface area contributed by atoms with Gasteiger partial charge in [0.25, 0.3) is 0 Å². The number of nitrogens with one attached hydrogen (secondary N) is 1. The number of imidazole rings is 1. The SMILES string of the molecule is CC(C(=O)O)c1c[nH]cn1. The van der Waals surface area contributed by atoms with E-state index >= 15 is 0 Å². The van der Waals surface area contributed by atoms with Gasteiger partial charge in [-0.15, -0.1) is 0 Å². The Morgan fingerprint density at radius 1 is 1.90 bits per heavy atom. The number of H-pyrrole nitrogens is 1. The molecule has 4 heteroatoms. The summed E-state index contributed by atoms with van der Waals surface area (Å²) in [4.78, 5) is 16.8. The van der Waals surface area contributed by atoms with E-state index < -0.39 is 11.9 Å². The van der Waals surface area contributed by atoms with Gasteiger partial charge in [-0.05, 0) is 6.92 Å². The summed E-state index contributed by atoms with van der Waals surface area (Å²) in [5, 5.41) is 8.50. The lowest BCUT2D eigenvalue weighted by atomic mass is 10.1. The molecule has 1 atom stereocenters. The molecule has 0 aromatic carbocycles. The van der Waals surface area contributed by atoms with Crippen molar-refractivity contribution in [3.63, 3.8) is 0 Å². The van der Waals surface area contributed by atoms with Crippen LogP contribution < -0.4 is 0 Å². The number of aromatic nitrogens is 2. The second-order valence-corrected chi connectivity index (χ2v) is 2.05. The Labute approximate surface area is 57.9 Å². The molecule has 1 aromatic heterocycles. The molecule has 1 rings (SSSR count). The number of carboxylic acids is 1. The van der Waals surface area contributed by atoms with Crippen LogP contribution in [0.1, 0.15) is 18.5 Å². The maximum absolute atomic E-state index is 10.3. The summed E-state index contributed by atoms with van der Waals surface area (Å²) in [6.07, 6.45) is 3.05. The van der Waals surface area contributed by atoms with E-state index in [1.165, 1.54) is 6.33 Å². The summed E-state index contributed by atoms with van der Waals surface area (Å²) >= 11 is 0. The van der Waals surface area contributed by atoms with E-state index in [9.17, 15) is 4.79 Å². The summed E-state index contributed by atoms with van der Waals surface area (Å²) in [6, 6.07) is 0. The number of aliphatic carboxylic acids is 1. The molecule has 0 amide bonds. The molecular formula is C6H8N2O2. The number of aromatic amines is 1. The largest absolute Gasteiger partial charge is 0.481 e. The number of rotatable bonds is 2. The molecule has 2 N–H and O–H groups in total. The quantitative estimate of drug-likeness (QED) is 0.632. The van der Waals surface area contributed by atoms with Crippen molar-refractivity contribution in [2.45, 2.75) is 12.8 Å². The molecule has 1 unspecified atom stereocenters. The predicted octanol–water partition coefficient (Wildman–Crippen LogP) is 0.598. The van der Waals surface area contributed by atoms with Crippen molar-refractivity contribution in [1.29, 1.82) is 0 Å². The molecule has 0 saturated heterocycles. The van der Waals surface area contributed by atoms with E-state index in [0.717, 1.165) is 0 Å². The lowest BCUT2D eigenvalue weighted by Crippen LogP contribution is -2.07. The zero-order valence-electron chi connectivity index (χ0n) is 5.53. The van der Waals surface area contributed by atoms with Crippen LogP contribution in [-0.2, 0) is 4.79 Å². The van der Waals surface area contributed by atoms with Crippen LogP contribution in [0.3, 0.4) is 0 Å². The topological polar surface area (TPSA) is 66.0 Å². The Morgan fingerprint density at radius 2 is 2.60 bits per heavy atom. The van der Waals surface area contributed by atoms with Crippen molar-refractivity contribution in [2.24, 2.45) is 0 Å².